The molecule has 88 valence electrons. The maximum absolute atomic E-state index is 5.96. The summed E-state index contributed by atoms with van der Waals surface area (Å²) < 4.78 is 0. The second-order valence-corrected chi connectivity index (χ2v) is 5.15. The summed E-state index contributed by atoms with van der Waals surface area (Å²) in [6, 6.07) is 8.39. The van der Waals surface area contributed by atoms with Crippen LogP contribution in [0, 0.1) is 5.92 Å². The molecule has 1 aliphatic carbocycles. The number of hydrogen-bond acceptors (Lipinski definition) is 2. The SMILES string of the molecule is NNC(CCC1CC1)Cc1cccc(Cl)c1. The Kier molecular flexibility index (Phi) is 4.22. The predicted molar refractivity (Wildman–Crippen MR) is 68.2 cm³/mol. The second kappa shape index (κ2) is 5.67. The van der Waals surface area contributed by atoms with Crippen LogP contribution in [0.25, 0.3) is 0 Å². The van der Waals surface area contributed by atoms with E-state index in [1.54, 1.807) is 0 Å². The van der Waals surface area contributed by atoms with Crippen molar-refractivity contribution < 1.29 is 0 Å². The van der Waals surface area contributed by atoms with Crippen molar-refractivity contribution in [2.75, 3.05) is 0 Å². The molecule has 1 atom stereocenters. The molecule has 0 saturated heterocycles. The highest BCUT2D eigenvalue weighted by molar-refractivity contribution is 6.30. The fraction of sp³-hybridized carbons (Fsp3) is 0.538. The molecule has 0 aliphatic heterocycles. The lowest BCUT2D eigenvalue weighted by Gasteiger charge is -2.15. The van der Waals surface area contributed by atoms with Crippen molar-refractivity contribution in [3.05, 3.63) is 34.9 Å². The van der Waals surface area contributed by atoms with Gasteiger partial charge in [0.05, 0.1) is 0 Å². The van der Waals surface area contributed by atoms with Crippen molar-refractivity contribution in [1.82, 2.24) is 5.43 Å². The molecule has 3 heteroatoms. The highest BCUT2D eigenvalue weighted by Gasteiger charge is 2.22. The molecule has 2 nitrogen and oxygen atoms in total. The van der Waals surface area contributed by atoms with Gasteiger partial charge in [-0.05, 0) is 42.9 Å². The van der Waals surface area contributed by atoms with Crippen LogP contribution in [0.15, 0.2) is 24.3 Å². The van der Waals surface area contributed by atoms with E-state index in [1.165, 1.54) is 24.8 Å². The zero-order valence-electron chi connectivity index (χ0n) is 9.45. The third kappa shape index (κ3) is 3.78. The van der Waals surface area contributed by atoms with Crippen LogP contribution in [0.5, 0.6) is 0 Å². The first-order valence-electron chi connectivity index (χ1n) is 5.98. The Balaban J connectivity index is 1.84. The maximum Gasteiger partial charge on any atom is 0.0408 e. The van der Waals surface area contributed by atoms with Gasteiger partial charge in [-0.15, -0.1) is 0 Å². The highest BCUT2D eigenvalue weighted by Crippen LogP contribution is 2.34. The van der Waals surface area contributed by atoms with Crippen molar-refractivity contribution in [2.45, 2.75) is 38.1 Å². The first-order valence-corrected chi connectivity index (χ1v) is 6.36. The standard InChI is InChI=1S/C13H19ClN2/c14-12-3-1-2-11(8-12)9-13(16-15)7-6-10-4-5-10/h1-3,8,10,13,16H,4-7,9,15H2. The van der Waals surface area contributed by atoms with Crippen molar-refractivity contribution in [3.8, 4) is 0 Å². The van der Waals surface area contributed by atoms with E-state index in [4.69, 9.17) is 17.4 Å². The zero-order valence-corrected chi connectivity index (χ0v) is 10.2. The molecule has 1 aromatic rings. The normalized spacial score (nSPS) is 17.4. The van der Waals surface area contributed by atoms with Gasteiger partial charge in [-0.25, -0.2) is 0 Å². The largest absolute Gasteiger partial charge is 0.271 e. The van der Waals surface area contributed by atoms with Crippen LogP contribution in [-0.2, 0) is 6.42 Å². The topological polar surface area (TPSA) is 38.0 Å². The molecule has 1 aromatic carbocycles. The number of nitrogens with one attached hydrogen (secondary N) is 1. The number of hydrazine groups is 1. The number of benzene rings is 1. The van der Waals surface area contributed by atoms with Crippen LogP contribution in [0.4, 0.5) is 0 Å². The quantitative estimate of drug-likeness (QED) is 0.591. The van der Waals surface area contributed by atoms with E-state index in [2.05, 4.69) is 11.5 Å². The second-order valence-electron chi connectivity index (χ2n) is 4.72. The van der Waals surface area contributed by atoms with Crippen LogP contribution in [0.1, 0.15) is 31.2 Å². The summed E-state index contributed by atoms with van der Waals surface area (Å²) in [4.78, 5) is 0. The smallest absolute Gasteiger partial charge is 0.0408 e. The van der Waals surface area contributed by atoms with Gasteiger partial charge in [0, 0.05) is 11.1 Å². The molecule has 1 unspecified atom stereocenters. The average Bonchev–Trinajstić information content (AvgIpc) is 3.08. The van der Waals surface area contributed by atoms with Gasteiger partial charge >= 0.3 is 0 Å². The first kappa shape index (κ1) is 11.9. The van der Waals surface area contributed by atoms with E-state index < -0.39 is 0 Å². The Hall–Kier alpha value is -0.570. The maximum atomic E-state index is 5.96. The average molecular weight is 239 g/mol. The minimum atomic E-state index is 0.374. The third-order valence-corrected chi connectivity index (χ3v) is 3.46. The lowest BCUT2D eigenvalue weighted by atomic mass is 10.0. The molecule has 0 bridgehead atoms. The molecule has 1 fully saturated rings. The molecule has 0 radical (unpaired) electrons. The predicted octanol–water partition coefficient (Wildman–Crippen LogP) is 2.90. The summed E-state index contributed by atoms with van der Waals surface area (Å²) in [6.07, 6.45) is 6.25. The van der Waals surface area contributed by atoms with Crippen molar-refractivity contribution in [2.24, 2.45) is 11.8 Å². The summed E-state index contributed by atoms with van der Waals surface area (Å²) in [5.74, 6) is 6.55. The van der Waals surface area contributed by atoms with Crippen molar-refractivity contribution in [1.29, 1.82) is 0 Å². The molecule has 0 heterocycles. The van der Waals surface area contributed by atoms with Gasteiger partial charge in [0.25, 0.3) is 0 Å². The summed E-state index contributed by atoms with van der Waals surface area (Å²) in [5, 5.41) is 0.801. The Morgan fingerprint density at radius 1 is 1.44 bits per heavy atom. The Labute approximate surface area is 102 Å². The molecule has 2 rings (SSSR count). The van der Waals surface area contributed by atoms with Crippen LogP contribution < -0.4 is 11.3 Å². The summed E-state index contributed by atoms with van der Waals surface area (Å²) in [7, 11) is 0. The van der Waals surface area contributed by atoms with Crippen molar-refractivity contribution in [3.63, 3.8) is 0 Å². The van der Waals surface area contributed by atoms with E-state index >= 15 is 0 Å². The van der Waals surface area contributed by atoms with E-state index in [1.807, 2.05) is 18.2 Å². The fourth-order valence-electron chi connectivity index (χ4n) is 2.04. The van der Waals surface area contributed by atoms with Gasteiger partial charge in [0.2, 0.25) is 0 Å². The summed E-state index contributed by atoms with van der Waals surface area (Å²) in [6.45, 7) is 0. The molecule has 0 aromatic heterocycles. The molecule has 1 saturated carbocycles. The lowest BCUT2D eigenvalue weighted by Crippen LogP contribution is -2.36. The summed E-state index contributed by atoms with van der Waals surface area (Å²) >= 11 is 5.96. The van der Waals surface area contributed by atoms with Crippen LogP contribution >= 0.6 is 11.6 Å². The highest BCUT2D eigenvalue weighted by atomic mass is 35.5. The Bertz CT molecular complexity index is 336. The monoisotopic (exact) mass is 238 g/mol. The Morgan fingerprint density at radius 3 is 2.88 bits per heavy atom. The molecular weight excluding hydrogens is 220 g/mol. The van der Waals surface area contributed by atoms with E-state index in [9.17, 15) is 0 Å². The van der Waals surface area contributed by atoms with E-state index in [0.717, 1.165) is 23.8 Å². The molecule has 3 N–H and O–H groups in total. The van der Waals surface area contributed by atoms with E-state index in [0.29, 0.717) is 6.04 Å². The fourth-order valence-corrected chi connectivity index (χ4v) is 2.25. The molecule has 0 amide bonds. The van der Waals surface area contributed by atoms with Gasteiger partial charge in [0.1, 0.15) is 0 Å². The lowest BCUT2D eigenvalue weighted by molar-refractivity contribution is 0.462. The number of rotatable bonds is 6. The molecule has 0 spiro atoms. The number of nitrogens with two attached hydrogens (primary N) is 1. The summed E-state index contributed by atoms with van der Waals surface area (Å²) in [5.41, 5.74) is 4.17. The first-order chi connectivity index (χ1) is 7.78. The molecule has 16 heavy (non-hydrogen) atoms. The van der Waals surface area contributed by atoms with Gasteiger partial charge in [-0.3, -0.25) is 11.3 Å². The zero-order chi connectivity index (χ0) is 11.4. The van der Waals surface area contributed by atoms with E-state index in [-0.39, 0.29) is 0 Å². The number of halogens is 1. The minimum Gasteiger partial charge on any atom is -0.271 e. The van der Waals surface area contributed by atoms with Gasteiger partial charge in [-0.2, -0.15) is 0 Å². The minimum absolute atomic E-state index is 0.374. The third-order valence-electron chi connectivity index (χ3n) is 3.23. The van der Waals surface area contributed by atoms with Crippen molar-refractivity contribution >= 4 is 11.6 Å². The van der Waals surface area contributed by atoms with Crippen LogP contribution in [-0.4, -0.2) is 6.04 Å². The van der Waals surface area contributed by atoms with Crippen LogP contribution in [0.2, 0.25) is 5.02 Å². The van der Waals surface area contributed by atoms with Crippen LogP contribution in [0.3, 0.4) is 0 Å². The number of hydrogen-bond donors (Lipinski definition) is 2. The molecule has 1 aliphatic rings. The molecular formula is C13H19ClN2. The van der Waals surface area contributed by atoms with Gasteiger partial charge in [-0.1, -0.05) is 36.6 Å². The van der Waals surface area contributed by atoms with Gasteiger partial charge < -0.3 is 0 Å². The Morgan fingerprint density at radius 2 is 2.25 bits per heavy atom. The van der Waals surface area contributed by atoms with Gasteiger partial charge in [0.15, 0.2) is 0 Å².